The standard InChI is InChI=1S/C21H26N4O3S2/c1-3-28-19-12-10-18(11-13-19)25-20(16-17-8-5-4-6-9-17)23-24-21(25)29-14-7-15-30(26,27)22-2/h4-6,8-13,22H,3,7,14-16H2,1-2H3. The molecule has 0 saturated carbocycles. The summed E-state index contributed by atoms with van der Waals surface area (Å²) in [6, 6.07) is 17.9. The van der Waals surface area contributed by atoms with E-state index in [1.807, 2.05) is 54.0 Å². The Morgan fingerprint density at radius 3 is 2.47 bits per heavy atom. The zero-order valence-electron chi connectivity index (χ0n) is 17.1. The first-order chi connectivity index (χ1) is 14.5. The van der Waals surface area contributed by atoms with Gasteiger partial charge in [-0.05, 0) is 50.2 Å². The van der Waals surface area contributed by atoms with Gasteiger partial charge in [0.05, 0.1) is 12.4 Å². The topological polar surface area (TPSA) is 86.1 Å². The van der Waals surface area contributed by atoms with Gasteiger partial charge in [0.2, 0.25) is 10.0 Å². The Kier molecular flexibility index (Phi) is 7.89. The maximum atomic E-state index is 11.6. The van der Waals surface area contributed by atoms with Crippen LogP contribution in [0, 0.1) is 0 Å². The van der Waals surface area contributed by atoms with Crippen molar-refractivity contribution in [1.29, 1.82) is 0 Å². The molecule has 2 aromatic carbocycles. The summed E-state index contributed by atoms with van der Waals surface area (Å²) in [4.78, 5) is 0. The molecule has 0 aliphatic heterocycles. The predicted octanol–water partition coefficient (Wildman–Crippen LogP) is 3.29. The van der Waals surface area contributed by atoms with Crippen LogP contribution < -0.4 is 9.46 Å². The smallest absolute Gasteiger partial charge is 0.211 e. The monoisotopic (exact) mass is 446 g/mol. The van der Waals surface area contributed by atoms with Crippen LogP contribution in [-0.2, 0) is 16.4 Å². The lowest BCUT2D eigenvalue weighted by atomic mass is 10.1. The number of rotatable bonds is 11. The van der Waals surface area contributed by atoms with Crippen LogP contribution in [0.15, 0.2) is 59.8 Å². The van der Waals surface area contributed by atoms with Gasteiger partial charge in [0.25, 0.3) is 0 Å². The highest BCUT2D eigenvalue weighted by Gasteiger charge is 2.16. The van der Waals surface area contributed by atoms with Crippen molar-refractivity contribution in [2.45, 2.75) is 24.9 Å². The van der Waals surface area contributed by atoms with Crippen LogP contribution in [0.25, 0.3) is 5.69 Å². The van der Waals surface area contributed by atoms with Gasteiger partial charge < -0.3 is 4.74 Å². The van der Waals surface area contributed by atoms with Crippen LogP contribution in [0.2, 0.25) is 0 Å². The number of aromatic nitrogens is 3. The molecule has 0 amide bonds. The third-order valence-corrected chi connectivity index (χ3v) is 6.87. The first kappa shape index (κ1) is 22.3. The van der Waals surface area contributed by atoms with Crippen molar-refractivity contribution >= 4 is 21.8 Å². The molecular weight excluding hydrogens is 420 g/mol. The Morgan fingerprint density at radius 1 is 1.07 bits per heavy atom. The summed E-state index contributed by atoms with van der Waals surface area (Å²) in [5, 5.41) is 9.54. The first-order valence-corrected chi connectivity index (χ1v) is 12.4. The molecule has 1 N–H and O–H groups in total. The van der Waals surface area contributed by atoms with E-state index in [0.29, 0.717) is 25.2 Å². The Bertz CT molecular complexity index is 1040. The van der Waals surface area contributed by atoms with E-state index in [0.717, 1.165) is 28.0 Å². The maximum absolute atomic E-state index is 11.6. The van der Waals surface area contributed by atoms with Gasteiger partial charge in [0.1, 0.15) is 11.6 Å². The number of ether oxygens (including phenoxy) is 1. The molecule has 0 spiro atoms. The van der Waals surface area contributed by atoms with Crippen molar-refractivity contribution in [3.63, 3.8) is 0 Å². The lowest BCUT2D eigenvalue weighted by Gasteiger charge is -2.11. The van der Waals surface area contributed by atoms with Gasteiger partial charge in [-0.1, -0.05) is 42.1 Å². The van der Waals surface area contributed by atoms with E-state index in [2.05, 4.69) is 27.1 Å². The molecule has 0 bridgehead atoms. The number of benzene rings is 2. The van der Waals surface area contributed by atoms with Crippen LogP contribution in [0.1, 0.15) is 24.7 Å². The average molecular weight is 447 g/mol. The van der Waals surface area contributed by atoms with Crippen molar-refractivity contribution < 1.29 is 13.2 Å². The first-order valence-electron chi connectivity index (χ1n) is 9.78. The van der Waals surface area contributed by atoms with Crippen molar-refractivity contribution in [2.24, 2.45) is 0 Å². The quantitative estimate of drug-likeness (QED) is 0.359. The maximum Gasteiger partial charge on any atom is 0.211 e. The molecule has 0 saturated heterocycles. The molecule has 1 heterocycles. The average Bonchev–Trinajstić information content (AvgIpc) is 3.15. The second-order valence-corrected chi connectivity index (χ2v) is 9.66. The van der Waals surface area contributed by atoms with Crippen LogP contribution in [-0.4, -0.2) is 48.3 Å². The normalized spacial score (nSPS) is 11.5. The van der Waals surface area contributed by atoms with E-state index in [4.69, 9.17) is 4.74 Å². The number of thioether (sulfide) groups is 1. The van der Waals surface area contributed by atoms with Gasteiger partial charge in [-0.2, -0.15) is 0 Å². The molecule has 9 heteroatoms. The highest BCUT2D eigenvalue weighted by Crippen LogP contribution is 2.25. The summed E-state index contributed by atoms with van der Waals surface area (Å²) >= 11 is 1.50. The van der Waals surface area contributed by atoms with Gasteiger partial charge in [-0.25, -0.2) is 13.1 Å². The van der Waals surface area contributed by atoms with Gasteiger partial charge in [-0.15, -0.1) is 10.2 Å². The van der Waals surface area contributed by atoms with Gasteiger partial charge in [0.15, 0.2) is 5.16 Å². The van der Waals surface area contributed by atoms with Gasteiger partial charge in [-0.3, -0.25) is 4.57 Å². The highest BCUT2D eigenvalue weighted by molar-refractivity contribution is 7.99. The molecule has 30 heavy (non-hydrogen) atoms. The minimum atomic E-state index is -3.20. The Morgan fingerprint density at radius 2 is 1.80 bits per heavy atom. The van der Waals surface area contributed by atoms with Crippen molar-refractivity contribution in [3.8, 4) is 11.4 Å². The molecule has 0 fully saturated rings. The van der Waals surface area contributed by atoms with Crippen LogP contribution in [0.4, 0.5) is 0 Å². The van der Waals surface area contributed by atoms with E-state index in [1.165, 1.54) is 18.8 Å². The highest BCUT2D eigenvalue weighted by atomic mass is 32.2. The number of hydrogen-bond donors (Lipinski definition) is 1. The van der Waals surface area contributed by atoms with Crippen molar-refractivity contribution in [3.05, 3.63) is 66.0 Å². The van der Waals surface area contributed by atoms with Gasteiger partial charge >= 0.3 is 0 Å². The van der Waals surface area contributed by atoms with E-state index < -0.39 is 10.0 Å². The molecule has 1 aromatic heterocycles. The lowest BCUT2D eigenvalue weighted by molar-refractivity contribution is 0.340. The lowest BCUT2D eigenvalue weighted by Crippen LogP contribution is -2.22. The second kappa shape index (κ2) is 10.6. The zero-order chi connectivity index (χ0) is 21.4. The van der Waals surface area contributed by atoms with E-state index >= 15 is 0 Å². The third-order valence-electron chi connectivity index (χ3n) is 4.41. The number of nitrogens with zero attached hydrogens (tertiary/aromatic N) is 3. The Labute approximate surface area is 181 Å². The van der Waals surface area contributed by atoms with Gasteiger partial charge in [0, 0.05) is 17.9 Å². The Balaban J connectivity index is 1.83. The molecule has 0 atom stereocenters. The summed E-state index contributed by atoms with van der Waals surface area (Å²) < 4.78 is 33.2. The fourth-order valence-electron chi connectivity index (χ4n) is 2.92. The molecular formula is C21H26N4O3S2. The fraction of sp³-hybridized carbons (Fsp3) is 0.333. The second-order valence-electron chi connectivity index (χ2n) is 6.55. The van der Waals surface area contributed by atoms with Crippen LogP contribution in [0.3, 0.4) is 0 Å². The molecule has 3 aromatic rings. The molecule has 0 radical (unpaired) electrons. The number of sulfonamides is 1. The van der Waals surface area contributed by atoms with Crippen LogP contribution in [0.5, 0.6) is 5.75 Å². The SMILES string of the molecule is CCOc1ccc(-n2c(Cc3ccccc3)nnc2SCCCS(=O)(=O)NC)cc1. The van der Waals surface area contributed by atoms with E-state index in [1.54, 1.807) is 0 Å². The Hall–Kier alpha value is -2.36. The number of nitrogens with one attached hydrogen (secondary N) is 1. The summed E-state index contributed by atoms with van der Waals surface area (Å²) in [5.74, 6) is 2.35. The third kappa shape index (κ3) is 6.07. The molecule has 0 aliphatic rings. The zero-order valence-corrected chi connectivity index (χ0v) is 18.7. The summed E-state index contributed by atoms with van der Waals surface area (Å²) in [6.45, 7) is 2.57. The minimum Gasteiger partial charge on any atom is -0.494 e. The summed E-state index contributed by atoms with van der Waals surface area (Å²) in [6.07, 6.45) is 1.17. The summed E-state index contributed by atoms with van der Waals surface area (Å²) in [5.41, 5.74) is 2.09. The molecule has 0 unspecified atom stereocenters. The summed E-state index contributed by atoms with van der Waals surface area (Å²) in [7, 11) is -1.77. The predicted molar refractivity (Wildman–Crippen MR) is 120 cm³/mol. The molecule has 160 valence electrons. The molecule has 3 rings (SSSR count). The van der Waals surface area contributed by atoms with Crippen molar-refractivity contribution in [1.82, 2.24) is 19.5 Å². The molecule has 0 aliphatic carbocycles. The number of hydrogen-bond acceptors (Lipinski definition) is 6. The van der Waals surface area contributed by atoms with Crippen molar-refractivity contribution in [2.75, 3.05) is 25.2 Å². The van der Waals surface area contributed by atoms with Crippen LogP contribution >= 0.6 is 11.8 Å². The molecule has 7 nitrogen and oxygen atoms in total. The van der Waals surface area contributed by atoms with E-state index in [-0.39, 0.29) is 5.75 Å². The fourth-order valence-corrected chi connectivity index (χ4v) is 4.74. The minimum absolute atomic E-state index is 0.0879. The largest absolute Gasteiger partial charge is 0.494 e. The van der Waals surface area contributed by atoms with E-state index in [9.17, 15) is 8.42 Å².